The van der Waals surface area contributed by atoms with E-state index in [4.69, 9.17) is 5.11 Å². The largest absolute Gasteiger partial charge is 0.481 e. The van der Waals surface area contributed by atoms with Crippen LogP contribution < -0.4 is 5.32 Å². The first-order valence-electron chi connectivity index (χ1n) is 5.34. The topological polar surface area (TPSA) is 66.4 Å². The Labute approximate surface area is 103 Å². The molecule has 0 aliphatic heterocycles. The molecule has 0 radical (unpaired) electrons. The molecule has 2 unspecified atom stereocenters. The number of carboxylic acids is 1. The van der Waals surface area contributed by atoms with Gasteiger partial charge in [0.2, 0.25) is 5.91 Å². The molecule has 90 valence electrons. The first-order chi connectivity index (χ1) is 7.50. The number of amides is 1. The average molecular weight is 290 g/mol. The summed E-state index contributed by atoms with van der Waals surface area (Å²) < 4.78 is 0.714. The monoisotopic (exact) mass is 289 g/mol. The molecule has 16 heavy (non-hydrogen) atoms. The molecule has 0 aromatic heterocycles. The van der Waals surface area contributed by atoms with Gasteiger partial charge in [0.25, 0.3) is 0 Å². The number of carbonyl (C=O) groups is 2. The van der Waals surface area contributed by atoms with Gasteiger partial charge < -0.3 is 10.4 Å². The van der Waals surface area contributed by atoms with E-state index in [1.54, 1.807) is 0 Å². The summed E-state index contributed by atoms with van der Waals surface area (Å²) in [6.45, 7) is 4.02. The summed E-state index contributed by atoms with van der Waals surface area (Å²) in [6.07, 6.45) is 2.73. The van der Waals surface area contributed by atoms with Gasteiger partial charge in [0, 0.05) is 16.9 Å². The fourth-order valence-corrected chi connectivity index (χ4v) is 2.12. The van der Waals surface area contributed by atoms with Crippen LogP contribution in [0.15, 0.2) is 11.1 Å². The zero-order chi connectivity index (χ0) is 12.1. The van der Waals surface area contributed by atoms with Gasteiger partial charge in [-0.2, -0.15) is 0 Å². The fourth-order valence-electron chi connectivity index (χ4n) is 1.98. The molecular formula is C11H16BrNO3. The molecule has 2 atom stereocenters. The molecule has 0 heterocycles. The van der Waals surface area contributed by atoms with E-state index >= 15 is 0 Å². The number of hydrogen-bond donors (Lipinski definition) is 2. The van der Waals surface area contributed by atoms with E-state index in [0.29, 0.717) is 23.9 Å². The van der Waals surface area contributed by atoms with Gasteiger partial charge in [-0.3, -0.25) is 9.59 Å². The smallest absolute Gasteiger partial charge is 0.306 e. The number of rotatable bonds is 4. The number of nitrogens with one attached hydrogen (secondary N) is 1. The second kappa shape index (κ2) is 6.03. The van der Waals surface area contributed by atoms with Crippen LogP contribution in [0, 0.1) is 11.8 Å². The molecule has 0 bridgehead atoms. The first kappa shape index (κ1) is 13.2. The summed E-state index contributed by atoms with van der Waals surface area (Å²) in [5, 5.41) is 11.6. The zero-order valence-electron chi connectivity index (χ0n) is 9.04. The van der Waals surface area contributed by atoms with Crippen molar-refractivity contribution in [1.82, 2.24) is 5.32 Å². The van der Waals surface area contributed by atoms with Crippen LogP contribution in [-0.2, 0) is 9.59 Å². The van der Waals surface area contributed by atoms with Gasteiger partial charge in [0.15, 0.2) is 0 Å². The van der Waals surface area contributed by atoms with Crippen LogP contribution in [-0.4, -0.2) is 23.5 Å². The number of hydrogen-bond acceptors (Lipinski definition) is 2. The van der Waals surface area contributed by atoms with Crippen molar-refractivity contribution < 1.29 is 14.7 Å². The molecule has 1 aliphatic rings. The third kappa shape index (κ3) is 3.96. The quantitative estimate of drug-likeness (QED) is 0.831. The van der Waals surface area contributed by atoms with Crippen molar-refractivity contribution in [2.24, 2.45) is 11.8 Å². The Morgan fingerprint density at radius 1 is 1.38 bits per heavy atom. The average Bonchev–Trinajstić information content (AvgIpc) is 2.26. The summed E-state index contributed by atoms with van der Waals surface area (Å²) in [5.74, 6) is -1.38. The molecule has 0 aromatic rings. The maximum Gasteiger partial charge on any atom is 0.306 e. The van der Waals surface area contributed by atoms with E-state index in [0.717, 1.165) is 12.8 Å². The van der Waals surface area contributed by atoms with E-state index in [2.05, 4.69) is 27.8 Å². The fraction of sp³-hybridized carbons (Fsp3) is 0.636. The van der Waals surface area contributed by atoms with Crippen LogP contribution in [0.25, 0.3) is 0 Å². The predicted octanol–water partition coefficient (Wildman–Crippen LogP) is 1.90. The van der Waals surface area contributed by atoms with Crippen LogP contribution in [0.2, 0.25) is 0 Å². The predicted molar refractivity (Wildman–Crippen MR) is 64.2 cm³/mol. The molecule has 5 heteroatoms. The summed E-state index contributed by atoms with van der Waals surface area (Å²) >= 11 is 3.16. The molecule has 4 nitrogen and oxygen atoms in total. The van der Waals surface area contributed by atoms with Gasteiger partial charge in [-0.1, -0.05) is 28.9 Å². The maximum atomic E-state index is 11.7. The minimum absolute atomic E-state index is 0.0634. The molecule has 1 rings (SSSR count). The number of carboxylic acid groups (broad SMARTS) is 1. The Kier molecular flexibility index (Phi) is 4.99. The van der Waals surface area contributed by atoms with Crippen molar-refractivity contribution in [3.05, 3.63) is 11.1 Å². The Morgan fingerprint density at radius 2 is 2.00 bits per heavy atom. The van der Waals surface area contributed by atoms with Crippen LogP contribution in [0.3, 0.4) is 0 Å². The lowest BCUT2D eigenvalue weighted by Crippen LogP contribution is -2.35. The summed E-state index contributed by atoms with van der Waals surface area (Å²) in [5.41, 5.74) is 0. The zero-order valence-corrected chi connectivity index (χ0v) is 10.6. The van der Waals surface area contributed by atoms with Gasteiger partial charge in [-0.05, 0) is 19.3 Å². The van der Waals surface area contributed by atoms with E-state index in [-0.39, 0.29) is 17.7 Å². The summed E-state index contributed by atoms with van der Waals surface area (Å²) in [7, 11) is 0. The summed E-state index contributed by atoms with van der Waals surface area (Å²) in [4.78, 5) is 22.5. The van der Waals surface area contributed by atoms with E-state index < -0.39 is 5.97 Å². The van der Waals surface area contributed by atoms with Crippen LogP contribution >= 0.6 is 15.9 Å². The molecule has 1 amide bonds. The molecule has 1 saturated carbocycles. The molecule has 0 spiro atoms. The standard InChI is InChI=1S/C11H16BrNO3/c1-7(12)6-13-10(14)8-3-2-4-9(5-8)11(15)16/h8-9H,1-6H2,(H,13,14)(H,15,16). The highest BCUT2D eigenvalue weighted by Crippen LogP contribution is 2.29. The molecule has 1 aliphatic carbocycles. The second-order valence-corrected chi connectivity index (χ2v) is 5.26. The van der Waals surface area contributed by atoms with Crippen molar-refractivity contribution in [1.29, 1.82) is 0 Å². The lowest BCUT2D eigenvalue weighted by molar-refractivity contribution is -0.144. The van der Waals surface area contributed by atoms with Gasteiger partial charge >= 0.3 is 5.97 Å². The van der Waals surface area contributed by atoms with Crippen molar-refractivity contribution in [3.63, 3.8) is 0 Å². The Morgan fingerprint density at radius 3 is 2.56 bits per heavy atom. The van der Waals surface area contributed by atoms with Crippen LogP contribution in [0.1, 0.15) is 25.7 Å². The van der Waals surface area contributed by atoms with Gasteiger partial charge in [0.05, 0.1) is 5.92 Å². The third-order valence-corrected chi connectivity index (χ3v) is 3.13. The first-order valence-corrected chi connectivity index (χ1v) is 6.13. The van der Waals surface area contributed by atoms with E-state index in [1.807, 2.05) is 0 Å². The second-order valence-electron chi connectivity index (χ2n) is 4.13. The minimum atomic E-state index is -0.789. The normalized spacial score (nSPS) is 24.8. The SMILES string of the molecule is C=C(Br)CNC(=O)C1CCCC(C(=O)O)C1. The minimum Gasteiger partial charge on any atom is -0.481 e. The van der Waals surface area contributed by atoms with Gasteiger partial charge in [0.1, 0.15) is 0 Å². The van der Waals surface area contributed by atoms with Crippen molar-refractivity contribution in [2.75, 3.05) is 6.54 Å². The molecule has 0 aromatic carbocycles. The molecule has 0 saturated heterocycles. The number of carbonyl (C=O) groups excluding carboxylic acids is 1. The van der Waals surface area contributed by atoms with Crippen LogP contribution in [0.5, 0.6) is 0 Å². The van der Waals surface area contributed by atoms with Crippen molar-refractivity contribution in [3.8, 4) is 0 Å². The highest BCUT2D eigenvalue weighted by atomic mass is 79.9. The van der Waals surface area contributed by atoms with E-state index in [1.165, 1.54) is 0 Å². The van der Waals surface area contributed by atoms with Gasteiger partial charge in [-0.15, -0.1) is 0 Å². The summed E-state index contributed by atoms with van der Waals surface area (Å²) in [6, 6.07) is 0. The molecule has 1 fully saturated rings. The number of halogens is 1. The van der Waals surface area contributed by atoms with Crippen LogP contribution in [0.4, 0.5) is 0 Å². The Hall–Kier alpha value is -0.840. The number of aliphatic carboxylic acids is 1. The van der Waals surface area contributed by atoms with Crippen molar-refractivity contribution >= 4 is 27.8 Å². The Bertz CT molecular complexity index is 304. The lowest BCUT2D eigenvalue weighted by Gasteiger charge is -2.25. The van der Waals surface area contributed by atoms with E-state index in [9.17, 15) is 9.59 Å². The highest BCUT2D eigenvalue weighted by Gasteiger charge is 2.30. The molecular weight excluding hydrogens is 274 g/mol. The molecule has 2 N–H and O–H groups in total. The Balaban J connectivity index is 2.43. The van der Waals surface area contributed by atoms with Gasteiger partial charge in [-0.25, -0.2) is 0 Å². The van der Waals surface area contributed by atoms with Crippen molar-refractivity contribution in [2.45, 2.75) is 25.7 Å². The maximum absolute atomic E-state index is 11.7. The third-order valence-electron chi connectivity index (χ3n) is 2.85. The highest BCUT2D eigenvalue weighted by molar-refractivity contribution is 9.11. The lowest BCUT2D eigenvalue weighted by atomic mass is 9.81.